The van der Waals surface area contributed by atoms with Crippen molar-refractivity contribution in [3.63, 3.8) is 0 Å². The number of ether oxygens (including phenoxy) is 1. The average molecular weight is 478 g/mol. The van der Waals surface area contributed by atoms with Gasteiger partial charge >= 0.3 is 0 Å². The number of aryl methyl sites for hydroxylation is 1. The molecule has 1 N–H and O–H groups in total. The van der Waals surface area contributed by atoms with Crippen molar-refractivity contribution in [3.05, 3.63) is 59.7 Å². The minimum Gasteiger partial charge on any atom is -0.494 e. The van der Waals surface area contributed by atoms with Gasteiger partial charge in [0.2, 0.25) is 5.91 Å². The molecule has 4 rings (SSSR count). The van der Waals surface area contributed by atoms with Gasteiger partial charge in [-0.1, -0.05) is 56.7 Å². The third-order valence-electron chi connectivity index (χ3n) is 6.39. The number of benzene rings is 2. The first kappa shape index (κ1) is 24.5. The molecule has 2 aliphatic rings. The van der Waals surface area contributed by atoms with E-state index >= 15 is 0 Å². The number of nitrogens with one attached hydrogen (secondary N) is 1. The molecule has 0 aromatic heterocycles. The van der Waals surface area contributed by atoms with Crippen LogP contribution >= 0.6 is 11.8 Å². The van der Waals surface area contributed by atoms with Crippen molar-refractivity contribution in [2.45, 2.75) is 70.9 Å². The summed E-state index contributed by atoms with van der Waals surface area (Å²) >= 11 is 1.49. The Morgan fingerprint density at radius 1 is 1.03 bits per heavy atom. The van der Waals surface area contributed by atoms with Crippen molar-refractivity contribution in [2.75, 3.05) is 17.7 Å². The largest absolute Gasteiger partial charge is 0.494 e. The van der Waals surface area contributed by atoms with E-state index in [0.717, 1.165) is 84.9 Å². The highest BCUT2D eigenvalue weighted by molar-refractivity contribution is 8.16. The lowest BCUT2D eigenvalue weighted by Crippen LogP contribution is -2.25. The molecule has 0 radical (unpaired) electrons. The van der Waals surface area contributed by atoms with Gasteiger partial charge in [0.25, 0.3) is 0 Å². The average Bonchev–Trinajstić information content (AvgIpc) is 3.21. The molecule has 1 spiro atoms. The summed E-state index contributed by atoms with van der Waals surface area (Å²) in [4.78, 5) is 23.0. The number of rotatable bonds is 9. The van der Waals surface area contributed by atoms with Crippen LogP contribution in [0.25, 0.3) is 0 Å². The highest BCUT2D eigenvalue weighted by Gasteiger charge is 2.37. The molecule has 0 atom stereocenters. The minimum absolute atomic E-state index is 0.0165. The summed E-state index contributed by atoms with van der Waals surface area (Å²) in [6.07, 6.45) is 8.55. The van der Waals surface area contributed by atoms with Gasteiger partial charge in [-0.15, -0.1) is 0 Å². The quantitative estimate of drug-likeness (QED) is 0.411. The van der Waals surface area contributed by atoms with E-state index in [2.05, 4.69) is 37.4 Å². The van der Waals surface area contributed by atoms with Crippen molar-refractivity contribution in [3.8, 4) is 5.75 Å². The number of aliphatic imine (C=N–C) groups is 2. The second kappa shape index (κ2) is 11.7. The maximum atomic E-state index is 12.8. The molecule has 1 heterocycles. The fraction of sp³-hybridized carbons (Fsp3) is 0.464. The van der Waals surface area contributed by atoms with E-state index in [9.17, 15) is 4.79 Å². The van der Waals surface area contributed by atoms with Gasteiger partial charge in [0.05, 0.1) is 18.1 Å². The summed E-state index contributed by atoms with van der Waals surface area (Å²) in [6.45, 7) is 4.99. The van der Waals surface area contributed by atoms with Crippen LogP contribution in [-0.2, 0) is 11.2 Å². The maximum Gasteiger partial charge on any atom is 0.234 e. The van der Waals surface area contributed by atoms with Crippen LogP contribution in [0.4, 0.5) is 5.69 Å². The monoisotopic (exact) mass is 477 g/mol. The van der Waals surface area contributed by atoms with Crippen LogP contribution in [0.3, 0.4) is 0 Å². The number of anilines is 1. The molecule has 0 bridgehead atoms. The van der Waals surface area contributed by atoms with E-state index in [4.69, 9.17) is 14.7 Å². The Morgan fingerprint density at radius 3 is 2.53 bits per heavy atom. The zero-order valence-electron chi connectivity index (χ0n) is 20.3. The van der Waals surface area contributed by atoms with Crippen LogP contribution in [0.1, 0.15) is 69.9 Å². The summed E-state index contributed by atoms with van der Waals surface area (Å²) in [6, 6.07) is 16.1. The Labute approximate surface area is 207 Å². The molecule has 1 saturated carbocycles. The highest BCUT2D eigenvalue weighted by Crippen LogP contribution is 2.39. The predicted octanol–water partition coefficient (Wildman–Crippen LogP) is 6.66. The van der Waals surface area contributed by atoms with Gasteiger partial charge in [-0.05, 0) is 74.4 Å². The SMILES string of the molecule is CCCCOc1ccc(C2=NC3(CCCCC3)N=C2SCC(=O)Nc2ccccc2CC)cc1. The summed E-state index contributed by atoms with van der Waals surface area (Å²) < 4.78 is 5.83. The van der Waals surface area contributed by atoms with Crippen molar-refractivity contribution in [1.82, 2.24) is 0 Å². The summed E-state index contributed by atoms with van der Waals surface area (Å²) in [5.74, 6) is 1.17. The first-order chi connectivity index (χ1) is 16.6. The number of hydrogen-bond donors (Lipinski definition) is 1. The number of carbonyl (C=O) groups excluding carboxylic acids is 1. The predicted molar refractivity (Wildman–Crippen MR) is 144 cm³/mol. The summed E-state index contributed by atoms with van der Waals surface area (Å²) in [5.41, 5.74) is 3.63. The number of para-hydroxylation sites is 1. The van der Waals surface area contributed by atoms with E-state index in [1.807, 2.05) is 30.3 Å². The third kappa shape index (κ3) is 6.09. The Kier molecular flexibility index (Phi) is 8.44. The van der Waals surface area contributed by atoms with E-state index < -0.39 is 0 Å². The van der Waals surface area contributed by atoms with E-state index in [0.29, 0.717) is 5.75 Å². The molecular formula is C28H35N3O2S. The van der Waals surface area contributed by atoms with Gasteiger partial charge in [0.15, 0.2) is 5.66 Å². The molecule has 180 valence electrons. The highest BCUT2D eigenvalue weighted by atomic mass is 32.2. The summed E-state index contributed by atoms with van der Waals surface area (Å²) in [7, 11) is 0. The van der Waals surface area contributed by atoms with Gasteiger partial charge in [-0.3, -0.25) is 9.79 Å². The van der Waals surface area contributed by atoms with Gasteiger partial charge in [-0.2, -0.15) is 0 Å². The van der Waals surface area contributed by atoms with Crippen molar-refractivity contribution >= 4 is 34.1 Å². The standard InChI is InChI=1S/C28H35N3O2S/c1-3-5-19-33-23-15-13-22(14-16-23)26-27(31-28(30-26)17-9-6-10-18-28)34-20-25(32)29-24-12-8-7-11-21(24)4-2/h7-8,11-16H,3-6,9-10,17-20H2,1-2H3,(H,29,32). The normalized spacial score (nSPS) is 16.8. The van der Waals surface area contributed by atoms with Crippen LogP contribution in [0.2, 0.25) is 0 Å². The first-order valence-electron chi connectivity index (χ1n) is 12.6. The Hall–Kier alpha value is -2.60. The Balaban J connectivity index is 1.47. The van der Waals surface area contributed by atoms with Crippen LogP contribution in [0.15, 0.2) is 58.5 Å². The number of carbonyl (C=O) groups is 1. The molecule has 34 heavy (non-hydrogen) atoms. The number of hydrogen-bond acceptors (Lipinski definition) is 5. The maximum absolute atomic E-state index is 12.8. The number of nitrogens with zero attached hydrogens (tertiary/aromatic N) is 2. The van der Waals surface area contributed by atoms with Crippen molar-refractivity contribution < 1.29 is 9.53 Å². The number of unbranched alkanes of at least 4 members (excludes halogenated alkanes) is 1. The molecule has 0 saturated heterocycles. The first-order valence-corrected chi connectivity index (χ1v) is 13.5. The minimum atomic E-state index is -0.350. The molecule has 5 nitrogen and oxygen atoms in total. The lowest BCUT2D eigenvalue weighted by molar-refractivity contribution is -0.113. The topological polar surface area (TPSA) is 63.1 Å². The molecule has 1 aliphatic carbocycles. The van der Waals surface area contributed by atoms with E-state index in [1.165, 1.54) is 18.2 Å². The smallest absolute Gasteiger partial charge is 0.234 e. The lowest BCUT2D eigenvalue weighted by Gasteiger charge is -2.27. The van der Waals surface area contributed by atoms with E-state index in [-0.39, 0.29) is 11.6 Å². The number of amides is 1. The Bertz CT molecular complexity index is 1040. The van der Waals surface area contributed by atoms with Gasteiger partial charge in [0, 0.05) is 11.3 Å². The molecule has 1 amide bonds. The van der Waals surface area contributed by atoms with Crippen LogP contribution in [-0.4, -0.2) is 34.7 Å². The van der Waals surface area contributed by atoms with Gasteiger partial charge in [0.1, 0.15) is 10.8 Å². The molecule has 1 aliphatic heterocycles. The zero-order valence-corrected chi connectivity index (χ0v) is 21.1. The zero-order chi connectivity index (χ0) is 23.8. The van der Waals surface area contributed by atoms with Crippen molar-refractivity contribution in [1.29, 1.82) is 0 Å². The molecule has 2 aromatic rings. The van der Waals surface area contributed by atoms with Crippen molar-refractivity contribution in [2.24, 2.45) is 9.98 Å². The second-order valence-electron chi connectivity index (χ2n) is 8.99. The second-order valence-corrected chi connectivity index (χ2v) is 9.96. The molecule has 1 fully saturated rings. The number of thioether (sulfide) groups is 1. The molecule has 6 heteroatoms. The summed E-state index contributed by atoms with van der Waals surface area (Å²) in [5, 5.41) is 3.95. The molecule has 0 unspecified atom stereocenters. The van der Waals surface area contributed by atoms with Gasteiger partial charge < -0.3 is 10.1 Å². The molecule has 2 aromatic carbocycles. The van der Waals surface area contributed by atoms with Crippen LogP contribution < -0.4 is 10.1 Å². The molecular weight excluding hydrogens is 442 g/mol. The van der Waals surface area contributed by atoms with Crippen LogP contribution in [0.5, 0.6) is 5.75 Å². The Morgan fingerprint density at radius 2 is 1.79 bits per heavy atom. The third-order valence-corrected chi connectivity index (χ3v) is 7.36. The van der Waals surface area contributed by atoms with E-state index in [1.54, 1.807) is 0 Å². The van der Waals surface area contributed by atoms with Gasteiger partial charge in [-0.25, -0.2) is 4.99 Å². The van der Waals surface area contributed by atoms with Crippen LogP contribution in [0, 0.1) is 0 Å². The fourth-order valence-corrected chi connectivity index (χ4v) is 5.34. The lowest BCUT2D eigenvalue weighted by atomic mass is 9.90. The fourth-order valence-electron chi connectivity index (χ4n) is 4.47.